The summed E-state index contributed by atoms with van der Waals surface area (Å²) in [6, 6.07) is 16.0. The standard InChI is InChI=1S/C20H16Cl2N4O2/c21-17-10-16(20(28)26-14-7-3-12(24)4-8-14)18(22)9-15(17)19(27)25-13-5-1-11(23)2-6-13/h1-10H,23-24H2,(H,25,27)(H,26,28). The Balaban J connectivity index is 1.79. The van der Waals surface area contributed by atoms with Gasteiger partial charge in [-0.15, -0.1) is 0 Å². The van der Waals surface area contributed by atoms with Crippen molar-refractivity contribution in [3.63, 3.8) is 0 Å². The Morgan fingerprint density at radius 2 is 0.964 bits per heavy atom. The van der Waals surface area contributed by atoms with Crippen molar-refractivity contribution < 1.29 is 9.59 Å². The Bertz CT molecular complexity index is 950. The first-order valence-electron chi connectivity index (χ1n) is 8.16. The molecule has 2 amide bonds. The van der Waals surface area contributed by atoms with Crippen LogP contribution in [0.1, 0.15) is 20.7 Å². The number of nitrogens with one attached hydrogen (secondary N) is 2. The summed E-state index contributed by atoms with van der Waals surface area (Å²) < 4.78 is 0. The van der Waals surface area contributed by atoms with Crippen LogP contribution in [0.4, 0.5) is 22.7 Å². The van der Waals surface area contributed by atoms with Gasteiger partial charge in [-0.3, -0.25) is 9.59 Å². The van der Waals surface area contributed by atoms with Gasteiger partial charge < -0.3 is 22.1 Å². The minimum atomic E-state index is -0.456. The highest BCUT2D eigenvalue weighted by Crippen LogP contribution is 2.27. The van der Waals surface area contributed by atoms with Crippen molar-refractivity contribution in [2.24, 2.45) is 0 Å². The number of nitrogens with two attached hydrogens (primary N) is 2. The van der Waals surface area contributed by atoms with E-state index in [1.807, 2.05) is 0 Å². The van der Waals surface area contributed by atoms with Gasteiger partial charge in [0.05, 0.1) is 21.2 Å². The Morgan fingerprint density at radius 3 is 1.29 bits per heavy atom. The van der Waals surface area contributed by atoms with Crippen molar-refractivity contribution in [2.75, 3.05) is 22.1 Å². The highest BCUT2D eigenvalue weighted by atomic mass is 35.5. The molecule has 3 aromatic rings. The molecule has 0 aliphatic carbocycles. The van der Waals surface area contributed by atoms with E-state index >= 15 is 0 Å². The van der Waals surface area contributed by atoms with Gasteiger partial charge in [0.25, 0.3) is 11.8 Å². The summed E-state index contributed by atoms with van der Waals surface area (Å²) in [5.74, 6) is -0.913. The number of anilines is 4. The molecular weight excluding hydrogens is 399 g/mol. The summed E-state index contributed by atoms with van der Waals surface area (Å²) in [5.41, 5.74) is 13.8. The number of hydrogen-bond donors (Lipinski definition) is 4. The molecule has 6 nitrogen and oxygen atoms in total. The molecule has 3 rings (SSSR count). The molecule has 6 N–H and O–H groups in total. The van der Waals surface area contributed by atoms with E-state index in [1.54, 1.807) is 48.5 Å². The first-order valence-corrected chi connectivity index (χ1v) is 8.92. The van der Waals surface area contributed by atoms with Gasteiger partial charge in [0.2, 0.25) is 0 Å². The van der Waals surface area contributed by atoms with Gasteiger partial charge >= 0.3 is 0 Å². The van der Waals surface area contributed by atoms with Crippen LogP contribution >= 0.6 is 23.2 Å². The molecule has 0 fully saturated rings. The summed E-state index contributed by atoms with van der Waals surface area (Å²) in [4.78, 5) is 25.0. The minimum absolute atomic E-state index is 0.0970. The zero-order chi connectivity index (χ0) is 20.3. The van der Waals surface area contributed by atoms with Crippen LogP contribution in [0.25, 0.3) is 0 Å². The predicted molar refractivity (Wildman–Crippen MR) is 114 cm³/mol. The van der Waals surface area contributed by atoms with Crippen LogP contribution in [0.5, 0.6) is 0 Å². The van der Waals surface area contributed by atoms with E-state index in [4.69, 9.17) is 34.7 Å². The van der Waals surface area contributed by atoms with Crippen molar-refractivity contribution in [2.45, 2.75) is 0 Å². The molecule has 0 aromatic heterocycles. The third kappa shape index (κ3) is 4.54. The third-order valence-electron chi connectivity index (χ3n) is 3.88. The summed E-state index contributed by atoms with van der Waals surface area (Å²) in [6.45, 7) is 0. The number of nitrogen functional groups attached to an aromatic ring is 2. The molecule has 0 saturated carbocycles. The van der Waals surface area contributed by atoms with Gasteiger partial charge in [-0.2, -0.15) is 0 Å². The van der Waals surface area contributed by atoms with Crippen LogP contribution < -0.4 is 22.1 Å². The summed E-state index contributed by atoms with van der Waals surface area (Å²) >= 11 is 12.4. The van der Waals surface area contributed by atoms with Crippen LogP contribution in [-0.2, 0) is 0 Å². The maximum absolute atomic E-state index is 12.5. The topological polar surface area (TPSA) is 110 Å². The first kappa shape index (κ1) is 19.5. The Kier molecular flexibility index (Phi) is 5.73. The quantitative estimate of drug-likeness (QED) is 0.465. The number of carbonyl (C=O) groups excluding carboxylic acids is 2. The number of amides is 2. The largest absolute Gasteiger partial charge is 0.399 e. The molecular formula is C20H16Cl2N4O2. The molecule has 0 heterocycles. The number of carbonyl (C=O) groups is 2. The second-order valence-corrected chi connectivity index (χ2v) is 6.78. The molecule has 142 valence electrons. The van der Waals surface area contributed by atoms with E-state index in [-0.39, 0.29) is 21.2 Å². The van der Waals surface area contributed by atoms with E-state index in [9.17, 15) is 9.59 Å². The molecule has 3 aromatic carbocycles. The van der Waals surface area contributed by atoms with Gasteiger partial charge in [0, 0.05) is 22.7 Å². The average Bonchev–Trinajstić information content (AvgIpc) is 2.66. The summed E-state index contributed by atoms with van der Waals surface area (Å²) in [6.07, 6.45) is 0. The third-order valence-corrected chi connectivity index (χ3v) is 4.51. The Morgan fingerprint density at radius 1 is 0.643 bits per heavy atom. The lowest BCUT2D eigenvalue weighted by Gasteiger charge is -2.11. The van der Waals surface area contributed by atoms with Crippen LogP contribution in [0.2, 0.25) is 10.0 Å². The summed E-state index contributed by atoms with van der Waals surface area (Å²) in [7, 11) is 0. The molecule has 28 heavy (non-hydrogen) atoms. The predicted octanol–water partition coefficient (Wildman–Crippen LogP) is 4.66. The van der Waals surface area contributed by atoms with Crippen LogP contribution in [0.3, 0.4) is 0 Å². The van der Waals surface area contributed by atoms with Crippen molar-refractivity contribution in [3.05, 3.63) is 81.8 Å². The van der Waals surface area contributed by atoms with Gasteiger partial charge in [-0.1, -0.05) is 23.2 Å². The van der Waals surface area contributed by atoms with E-state index in [2.05, 4.69) is 10.6 Å². The maximum Gasteiger partial charge on any atom is 0.257 e. The Hall–Kier alpha value is -3.22. The van der Waals surface area contributed by atoms with Crippen molar-refractivity contribution in [1.82, 2.24) is 0 Å². The van der Waals surface area contributed by atoms with Gasteiger partial charge in [-0.05, 0) is 60.7 Å². The number of halogens is 2. The molecule has 0 aliphatic heterocycles. The maximum atomic E-state index is 12.5. The lowest BCUT2D eigenvalue weighted by atomic mass is 10.1. The molecule has 0 atom stereocenters. The molecule has 0 aliphatic rings. The number of rotatable bonds is 4. The van der Waals surface area contributed by atoms with Crippen molar-refractivity contribution in [3.8, 4) is 0 Å². The smallest absolute Gasteiger partial charge is 0.257 e. The molecule has 0 radical (unpaired) electrons. The average molecular weight is 415 g/mol. The second-order valence-electron chi connectivity index (χ2n) is 5.96. The number of benzene rings is 3. The highest BCUT2D eigenvalue weighted by Gasteiger charge is 2.18. The molecule has 0 spiro atoms. The zero-order valence-electron chi connectivity index (χ0n) is 14.5. The van der Waals surface area contributed by atoms with Gasteiger partial charge in [0.1, 0.15) is 0 Å². The van der Waals surface area contributed by atoms with E-state index in [0.717, 1.165) is 0 Å². The number of hydrogen-bond acceptors (Lipinski definition) is 4. The van der Waals surface area contributed by atoms with Crippen LogP contribution in [0, 0.1) is 0 Å². The van der Waals surface area contributed by atoms with Crippen molar-refractivity contribution >= 4 is 57.8 Å². The second kappa shape index (κ2) is 8.21. The van der Waals surface area contributed by atoms with E-state index < -0.39 is 11.8 Å². The van der Waals surface area contributed by atoms with E-state index in [1.165, 1.54) is 12.1 Å². The fourth-order valence-corrected chi connectivity index (χ4v) is 2.92. The van der Waals surface area contributed by atoms with Crippen LogP contribution in [0.15, 0.2) is 60.7 Å². The molecule has 0 unspecified atom stereocenters. The summed E-state index contributed by atoms with van der Waals surface area (Å²) in [5, 5.41) is 5.59. The SMILES string of the molecule is Nc1ccc(NC(=O)c2cc(Cl)c(C(=O)Nc3ccc(N)cc3)cc2Cl)cc1. The zero-order valence-corrected chi connectivity index (χ0v) is 16.0. The molecule has 8 heteroatoms. The fraction of sp³-hybridized carbons (Fsp3) is 0. The van der Waals surface area contributed by atoms with Gasteiger partial charge in [-0.25, -0.2) is 0 Å². The molecule has 0 saturated heterocycles. The van der Waals surface area contributed by atoms with Crippen LogP contribution in [-0.4, -0.2) is 11.8 Å². The monoisotopic (exact) mass is 414 g/mol. The lowest BCUT2D eigenvalue weighted by molar-refractivity contribution is 0.101. The molecule has 0 bridgehead atoms. The lowest BCUT2D eigenvalue weighted by Crippen LogP contribution is -2.16. The minimum Gasteiger partial charge on any atom is -0.399 e. The highest BCUT2D eigenvalue weighted by molar-refractivity contribution is 6.38. The fourth-order valence-electron chi connectivity index (χ4n) is 2.42. The van der Waals surface area contributed by atoms with Gasteiger partial charge in [0.15, 0.2) is 0 Å². The van der Waals surface area contributed by atoms with E-state index in [0.29, 0.717) is 22.7 Å². The Labute approximate surface area is 171 Å². The van der Waals surface area contributed by atoms with Crippen molar-refractivity contribution in [1.29, 1.82) is 0 Å². The normalized spacial score (nSPS) is 10.4. The first-order chi connectivity index (χ1) is 13.3.